The van der Waals surface area contributed by atoms with Gasteiger partial charge in [0.15, 0.2) is 0 Å². The molecule has 0 saturated heterocycles. The van der Waals surface area contributed by atoms with Gasteiger partial charge in [0, 0.05) is 0 Å². The molecule has 0 bridgehead atoms. The van der Waals surface area contributed by atoms with Gasteiger partial charge in [-0.15, -0.1) is 0 Å². The number of hydrogen-bond acceptors (Lipinski definition) is 0. The molecule has 0 aliphatic rings. The van der Waals surface area contributed by atoms with Crippen molar-refractivity contribution in [2.45, 2.75) is 66.2 Å². The third kappa shape index (κ3) is 8.08. The molecule has 0 amide bonds. The van der Waals surface area contributed by atoms with E-state index in [4.69, 9.17) is 0 Å². The van der Waals surface area contributed by atoms with Gasteiger partial charge in [-0.2, -0.15) is 0 Å². The van der Waals surface area contributed by atoms with Crippen LogP contribution in [0.5, 0.6) is 0 Å². The molecule has 0 unspecified atom stereocenters. The van der Waals surface area contributed by atoms with Gasteiger partial charge >= 0.3 is 0 Å². The van der Waals surface area contributed by atoms with Crippen molar-refractivity contribution in [3.8, 4) is 0 Å². The maximum absolute atomic E-state index is 2.31. The molecule has 0 aromatic heterocycles. The monoisotopic (exact) mass is 182 g/mol. The minimum absolute atomic E-state index is 0.882. The Labute approximate surface area is 84.4 Å². The SMILES string of the molecule is CC=C(CC)CCCCCC(C)C. The molecule has 0 aliphatic heterocycles. The van der Waals surface area contributed by atoms with Gasteiger partial charge in [0.25, 0.3) is 0 Å². The summed E-state index contributed by atoms with van der Waals surface area (Å²) in [5.41, 5.74) is 1.63. The summed E-state index contributed by atoms with van der Waals surface area (Å²) in [6.45, 7) is 9.03. The van der Waals surface area contributed by atoms with E-state index in [-0.39, 0.29) is 0 Å². The highest BCUT2D eigenvalue weighted by molar-refractivity contribution is 4.98. The molecule has 0 heteroatoms. The maximum atomic E-state index is 2.31. The smallest absolute Gasteiger partial charge is 0.0321 e. The van der Waals surface area contributed by atoms with Crippen molar-refractivity contribution in [1.29, 1.82) is 0 Å². The van der Waals surface area contributed by atoms with Gasteiger partial charge in [-0.3, -0.25) is 0 Å². The van der Waals surface area contributed by atoms with Gasteiger partial charge < -0.3 is 0 Å². The Morgan fingerprint density at radius 1 is 1.15 bits per heavy atom. The second kappa shape index (κ2) is 8.34. The summed E-state index contributed by atoms with van der Waals surface area (Å²) < 4.78 is 0. The molecule has 13 heavy (non-hydrogen) atoms. The first kappa shape index (κ1) is 12.7. The van der Waals surface area contributed by atoms with Crippen molar-refractivity contribution in [3.63, 3.8) is 0 Å². The van der Waals surface area contributed by atoms with Crippen LogP contribution in [-0.4, -0.2) is 0 Å². The van der Waals surface area contributed by atoms with Crippen molar-refractivity contribution < 1.29 is 0 Å². The number of unbranched alkanes of at least 4 members (excludes halogenated alkanes) is 2. The molecule has 78 valence electrons. The van der Waals surface area contributed by atoms with Crippen molar-refractivity contribution in [1.82, 2.24) is 0 Å². The zero-order chi connectivity index (χ0) is 10.1. The Balaban J connectivity index is 3.25. The number of hydrogen-bond donors (Lipinski definition) is 0. The molecule has 0 atom stereocenters. The molecule has 0 aliphatic carbocycles. The standard InChI is InChI=1S/C13H26/c1-5-13(6-2)11-9-7-8-10-12(3)4/h5,12H,6-11H2,1-4H3. The Hall–Kier alpha value is -0.260. The molecule has 0 spiro atoms. The van der Waals surface area contributed by atoms with Crippen LogP contribution in [0.25, 0.3) is 0 Å². The lowest BCUT2D eigenvalue weighted by Gasteiger charge is -2.05. The van der Waals surface area contributed by atoms with Crippen LogP contribution in [0.4, 0.5) is 0 Å². The van der Waals surface area contributed by atoms with Crippen LogP contribution in [0.1, 0.15) is 66.2 Å². The molecular weight excluding hydrogens is 156 g/mol. The predicted molar refractivity (Wildman–Crippen MR) is 62.0 cm³/mol. The van der Waals surface area contributed by atoms with Crippen LogP contribution in [0.15, 0.2) is 11.6 Å². The van der Waals surface area contributed by atoms with E-state index in [1.807, 2.05) is 0 Å². The van der Waals surface area contributed by atoms with Gasteiger partial charge in [0.2, 0.25) is 0 Å². The molecule has 0 heterocycles. The predicted octanol–water partition coefficient (Wildman–Crippen LogP) is 4.95. The third-order valence-corrected chi connectivity index (χ3v) is 2.64. The van der Waals surface area contributed by atoms with E-state index >= 15 is 0 Å². The summed E-state index contributed by atoms with van der Waals surface area (Å²) in [6, 6.07) is 0. The molecule has 0 radical (unpaired) electrons. The minimum Gasteiger partial charge on any atom is -0.0885 e. The summed E-state index contributed by atoms with van der Waals surface area (Å²) in [4.78, 5) is 0. The van der Waals surface area contributed by atoms with Crippen molar-refractivity contribution in [2.24, 2.45) is 5.92 Å². The molecule has 0 aromatic carbocycles. The first-order valence-electron chi connectivity index (χ1n) is 5.84. The van der Waals surface area contributed by atoms with E-state index < -0.39 is 0 Å². The van der Waals surface area contributed by atoms with Gasteiger partial charge in [-0.1, -0.05) is 51.7 Å². The fraction of sp³-hybridized carbons (Fsp3) is 0.846. The van der Waals surface area contributed by atoms with Gasteiger partial charge in [-0.25, -0.2) is 0 Å². The second-order valence-corrected chi connectivity index (χ2v) is 4.29. The Kier molecular flexibility index (Phi) is 8.18. The lowest BCUT2D eigenvalue weighted by atomic mass is 10.0. The van der Waals surface area contributed by atoms with Gasteiger partial charge in [0.05, 0.1) is 0 Å². The van der Waals surface area contributed by atoms with E-state index in [0.29, 0.717) is 0 Å². The summed E-state index contributed by atoms with van der Waals surface area (Å²) >= 11 is 0. The second-order valence-electron chi connectivity index (χ2n) is 4.29. The Bertz CT molecular complexity index is 131. The van der Waals surface area contributed by atoms with Crippen LogP contribution in [0.3, 0.4) is 0 Å². The molecule has 0 rings (SSSR count). The number of rotatable bonds is 7. The van der Waals surface area contributed by atoms with Crippen LogP contribution in [0, 0.1) is 5.92 Å². The highest BCUT2D eigenvalue weighted by Crippen LogP contribution is 2.14. The van der Waals surface area contributed by atoms with Gasteiger partial charge in [-0.05, 0) is 32.1 Å². The highest BCUT2D eigenvalue weighted by atomic mass is 14.0. The molecular formula is C13H26. The zero-order valence-corrected chi connectivity index (χ0v) is 9.90. The Morgan fingerprint density at radius 2 is 1.85 bits per heavy atom. The highest BCUT2D eigenvalue weighted by Gasteiger charge is 1.96. The average molecular weight is 182 g/mol. The normalized spacial score (nSPS) is 12.5. The van der Waals surface area contributed by atoms with Crippen molar-refractivity contribution in [2.75, 3.05) is 0 Å². The largest absolute Gasteiger partial charge is 0.0885 e. The summed E-state index contributed by atoms with van der Waals surface area (Å²) in [7, 11) is 0. The van der Waals surface area contributed by atoms with E-state index in [1.165, 1.54) is 38.5 Å². The lowest BCUT2D eigenvalue weighted by molar-refractivity contribution is 0.526. The topological polar surface area (TPSA) is 0 Å². The molecule has 0 nitrogen and oxygen atoms in total. The average Bonchev–Trinajstić information content (AvgIpc) is 2.11. The van der Waals surface area contributed by atoms with Crippen molar-refractivity contribution >= 4 is 0 Å². The lowest BCUT2D eigenvalue weighted by Crippen LogP contribution is -1.88. The van der Waals surface area contributed by atoms with E-state index in [1.54, 1.807) is 5.57 Å². The summed E-state index contributed by atoms with van der Waals surface area (Å²) in [5.74, 6) is 0.882. The Morgan fingerprint density at radius 3 is 2.31 bits per heavy atom. The van der Waals surface area contributed by atoms with E-state index in [0.717, 1.165) is 5.92 Å². The first-order chi connectivity index (χ1) is 6.20. The quantitative estimate of drug-likeness (QED) is 0.386. The molecule has 0 aromatic rings. The third-order valence-electron chi connectivity index (χ3n) is 2.64. The minimum atomic E-state index is 0.882. The van der Waals surface area contributed by atoms with Crippen LogP contribution >= 0.6 is 0 Å². The zero-order valence-electron chi connectivity index (χ0n) is 9.90. The molecule has 0 fully saturated rings. The maximum Gasteiger partial charge on any atom is -0.0321 e. The summed E-state index contributed by atoms with van der Waals surface area (Å²) in [5, 5.41) is 0. The first-order valence-corrected chi connectivity index (χ1v) is 5.84. The fourth-order valence-electron chi connectivity index (χ4n) is 1.61. The van der Waals surface area contributed by atoms with Crippen LogP contribution in [0.2, 0.25) is 0 Å². The van der Waals surface area contributed by atoms with Gasteiger partial charge in [0.1, 0.15) is 0 Å². The summed E-state index contributed by atoms with van der Waals surface area (Å²) in [6.07, 6.45) is 10.5. The number of allylic oxidation sites excluding steroid dienone is 2. The fourth-order valence-corrected chi connectivity index (χ4v) is 1.61. The molecule has 0 N–H and O–H groups in total. The van der Waals surface area contributed by atoms with E-state index in [9.17, 15) is 0 Å². The van der Waals surface area contributed by atoms with Crippen LogP contribution < -0.4 is 0 Å². The van der Waals surface area contributed by atoms with Crippen LogP contribution in [-0.2, 0) is 0 Å². The van der Waals surface area contributed by atoms with Crippen molar-refractivity contribution in [3.05, 3.63) is 11.6 Å². The van der Waals surface area contributed by atoms with E-state index in [2.05, 4.69) is 33.8 Å². The molecule has 0 saturated carbocycles.